The monoisotopic (exact) mass is 898 g/mol. The Morgan fingerprint density at radius 3 is 2.26 bits per heavy atom. The molecule has 57 heavy (non-hydrogen) atoms. The number of anilines is 2. The van der Waals surface area contributed by atoms with E-state index in [1.165, 1.54) is 50.0 Å². The Kier molecular flexibility index (Phi) is 15.3. The first-order valence-corrected chi connectivity index (χ1v) is 21.2. The summed E-state index contributed by atoms with van der Waals surface area (Å²) >= 11 is 1.81. The molecule has 9 heteroatoms. The Labute approximate surface area is 361 Å². The quantitative estimate of drug-likeness (QED) is 0.0862. The molecule has 2 heterocycles. The highest BCUT2D eigenvalue weighted by Crippen LogP contribution is 2.48. The van der Waals surface area contributed by atoms with Crippen LogP contribution in [-0.4, -0.2) is 53.4 Å². The lowest BCUT2D eigenvalue weighted by atomic mass is 9.81. The average molecular weight is 899 g/mol. The lowest BCUT2D eigenvalue weighted by molar-refractivity contribution is -0.433. The van der Waals surface area contributed by atoms with Crippen LogP contribution in [0.25, 0.3) is 0 Å². The van der Waals surface area contributed by atoms with Crippen LogP contribution < -0.4 is 39.5 Å². The van der Waals surface area contributed by atoms with Gasteiger partial charge in [-0.2, -0.15) is 4.58 Å². The maximum absolute atomic E-state index is 12.7. The van der Waals surface area contributed by atoms with Crippen LogP contribution in [0.3, 0.4) is 0 Å². The summed E-state index contributed by atoms with van der Waals surface area (Å²) in [6.07, 6.45) is 14.1. The van der Waals surface area contributed by atoms with Crippen molar-refractivity contribution in [3.05, 3.63) is 130 Å². The number of aliphatic hydroxyl groups excluding tert-OH is 1. The highest BCUT2D eigenvalue weighted by molar-refractivity contribution is 8.03. The molecule has 6 rings (SSSR count). The number of likely N-dealkylation sites (N-methyl/N-ethyl adjacent to an activating group) is 1. The van der Waals surface area contributed by atoms with Crippen LogP contribution in [-0.2, 0) is 20.4 Å². The summed E-state index contributed by atoms with van der Waals surface area (Å²) in [7, 11) is 0. The fourth-order valence-corrected chi connectivity index (χ4v) is 9.54. The predicted molar refractivity (Wildman–Crippen MR) is 233 cm³/mol. The summed E-state index contributed by atoms with van der Waals surface area (Å²) in [5.74, 6) is -0.204. The Bertz CT molecular complexity index is 2090. The lowest BCUT2D eigenvalue weighted by Gasteiger charge is -2.26. The number of carbonyl (C=O) groups excluding carboxylic acids is 2. The van der Waals surface area contributed by atoms with Gasteiger partial charge in [-0.05, 0) is 113 Å². The third-order valence-corrected chi connectivity index (χ3v) is 12.7. The van der Waals surface area contributed by atoms with Crippen molar-refractivity contribution >= 4 is 46.4 Å². The predicted octanol–water partition coefficient (Wildman–Crippen LogP) is 7.11. The van der Waals surface area contributed by atoms with E-state index in [4.69, 9.17) is 5.11 Å². The van der Waals surface area contributed by atoms with E-state index in [0.29, 0.717) is 19.4 Å². The number of nitrogens with one attached hydrogen (secondary N) is 2. The summed E-state index contributed by atoms with van der Waals surface area (Å²) < 4.78 is 2.46. The molecule has 3 N–H and O–H groups in total. The van der Waals surface area contributed by atoms with E-state index in [0.717, 1.165) is 42.9 Å². The van der Waals surface area contributed by atoms with Gasteiger partial charge < -0.3 is 44.6 Å². The van der Waals surface area contributed by atoms with Crippen molar-refractivity contribution in [2.45, 2.75) is 102 Å². The van der Waals surface area contributed by atoms with Gasteiger partial charge in [0.05, 0.1) is 5.41 Å². The van der Waals surface area contributed by atoms with Crippen molar-refractivity contribution in [2.75, 3.05) is 36.5 Å². The zero-order valence-corrected chi connectivity index (χ0v) is 37.4. The lowest BCUT2D eigenvalue weighted by Crippen LogP contribution is -3.00. The van der Waals surface area contributed by atoms with E-state index in [1.54, 1.807) is 0 Å². The Morgan fingerprint density at radius 1 is 0.842 bits per heavy atom. The molecular weight excluding hydrogens is 840 g/mol. The van der Waals surface area contributed by atoms with Crippen LogP contribution in [0.4, 0.5) is 17.1 Å². The van der Waals surface area contributed by atoms with Gasteiger partial charge in [0.15, 0.2) is 5.71 Å². The highest BCUT2D eigenvalue weighted by Gasteiger charge is 2.43. The van der Waals surface area contributed by atoms with Crippen LogP contribution in [0.15, 0.2) is 124 Å². The van der Waals surface area contributed by atoms with Gasteiger partial charge in [-0.15, -0.1) is 0 Å². The summed E-state index contributed by atoms with van der Waals surface area (Å²) in [5, 5.41) is 14.7. The van der Waals surface area contributed by atoms with Crippen molar-refractivity contribution in [1.29, 1.82) is 0 Å². The third kappa shape index (κ3) is 9.86. The van der Waals surface area contributed by atoms with Crippen molar-refractivity contribution in [3.63, 3.8) is 0 Å². The van der Waals surface area contributed by atoms with E-state index in [9.17, 15) is 9.59 Å². The Balaban J connectivity index is 0.00000620. The molecule has 0 atom stereocenters. The van der Waals surface area contributed by atoms with Gasteiger partial charge in [0.1, 0.15) is 6.54 Å². The minimum atomic E-state index is -0.108. The third-order valence-electron chi connectivity index (χ3n) is 11.4. The first kappa shape index (κ1) is 44.2. The SMILES string of the molecule is CCN1/C(=C/C=C2\CCCC(/C=C/C3=[N+](CC)c4ccccc4C3(C)C)=C2Sc2ccc(NC(=O)CCCC(=O)NCCCO)cc2)C(C)(C)c2ccccc21.[I-]. The number of allylic oxidation sites excluding steroid dienone is 7. The van der Waals surface area contributed by atoms with E-state index >= 15 is 0 Å². The van der Waals surface area contributed by atoms with Crippen LogP contribution in [0, 0.1) is 0 Å². The van der Waals surface area contributed by atoms with Crippen LogP contribution in [0.5, 0.6) is 0 Å². The number of halogens is 1. The molecule has 3 aromatic carbocycles. The summed E-state index contributed by atoms with van der Waals surface area (Å²) in [6.45, 7) is 16.1. The van der Waals surface area contributed by atoms with Crippen LogP contribution in [0.2, 0.25) is 0 Å². The second-order valence-corrected chi connectivity index (χ2v) is 17.0. The molecule has 0 aromatic heterocycles. The van der Waals surface area contributed by atoms with Crippen molar-refractivity contribution in [1.82, 2.24) is 5.32 Å². The van der Waals surface area contributed by atoms with Crippen LogP contribution in [0.1, 0.15) is 97.6 Å². The van der Waals surface area contributed by atoms with Gasteiger partial charge in [0.25, 0.3) is 0 Å². The van der Waals surface area contributed by atoms with E-state index < -0.39 is 0 Å². The fourth-order valence-electron chi connectivity index (χ4n) is 8.43. The highest BCUT2D eigenvalue weighted by atomic mass is 127. The molecule has 0 fully saturated rings. The number of thioether (sulfide) groups is 1. The van der Waals surface area contributed by atoms with Gasteiger partial charge in [0, 0.05) is 82.5 Å². The first-order valence-electron chi connectivity index (χ1n) is 20.4. The standard InChI is InChI=1S/C48H58N4O3S.HI/c1-7-51-40-20-11-9-18-38(40)47(3,4)42(51)30-24-34-16-13-17-35(25-31-43-48(5,6)39-19-10-12-21-41(39)52(43)8-2)46(34)56-37-28-26-36(27-29-37)50-45(55)23-14-22-44(54)49-32-15-33-53;/h9-12,18-21,24-31,53H,7-8,13-17,22-23,32-33H2,1-6H3,(H-,49,50,54,55);1H. The second-order valence-electron chi connectivity index (χ2n) is 15.9. The van der Waals surface area contributed by atoms with E-state index in [1.807, 2.05) is 23.9 Å². The number of para-hydroxylation sites is 2. The van der Waals surface area contributed by atoms with Gasteiger partial charge in [-0.3, -0.25) is 9.59 Å². The molecule has 0 bridgehead atoms. The number of carbonyl (C=O) groups is 2. The zero-order valence-electron chi connectivity index (χ0n) is 34.5. The molecular formula is C48H59IN4O3S. The topological polar surface area (TPSA) is 84.7 Å². The molecule has 302 valence electrons. The molecule has 0 saturated carbocycles. The number of amides is 2. The molecule has 0 unspecified atom stereocenters. The minimum absolute atomic E-state index is 0. The van der Waals surface area contributed by atoms with E-state index in [2.05, 4.69) is 147 Å². The normalized spacial score (nSPS) is 18.3. The molecule has 2 aliphatic heterocycles. The number of benzene rings is 3. The first-order chi connectivity index (χ1) is 27.0. The number of hydrogen-bond acceptors (Lipinski definition) is 5. The molecule has 0 saturated heterocycles. The maximum atomic E-state index is 12.7. The van der Waals surface area contributed by atoms with Gasteiger partial charge >= 0.3 is 0 Å². The summed E-state index contributed by atoms with van der Waals surface area (Å²) in [5.41, 5.74) is 11.2. The minimum Gasteiger partial charge on any atom is -1.00 e. The zero-order chi connectivity index (χ0) is 39.9. The molecule has 3 aromatic rings. The smallest absolute Gasteiger partial charge is 0.224 e. The largest absolute Gasteiger partial charge is 1.00 e. The van der Waals surface area contributed by atoms with Gasteiger partial charge in [-0.25, -0.2) is 0 Å². The van der Waals surface area contributed by atoms with Gasteiger partial charge in [0.2, 0.25) is 17.5 Å². The number of hydrogen-bond donors (Lipinski definition) is 3. The fraction of sp³-hybridized carbons (Fsp3) is 0.396. The molecule has 3 aliphatic rings. The summed E-state index contributed by atoms with van der Waals surface area (Å²) in [4.78, 5) is 29.6. The second kappa shape index (κ2) is 19.7. The number of nitrogens with zero attached hydrogens (tertiary/aromatic N) is 2. The van der Waals surface area contributed by atoms with Crippen molar-refractivity contribution in [3.8, 4) is 0 Å². The van der Waals surface area contributed by atoms with E-state index in [-0.39, 0.29) is 66.1 Å². The molecule has 0 spiro atoms. The summed E-state index contributed by atoms with van der Waals surface area (Å²) in [6, 6.07) is 25.7. The number of rotatable bonds is 15. The van der Waals surface area contributed by atoms with Crippen molar-refractivity contribution in [2.24, 2.45) is 0 Å². The molecule has 2 amide bonds. The van der Waals surface area contributed by atoms with Crippen molar-refractivity contribution < 1.29 is 43.2 Å². The molecule has 7 nitrogen and oxygen atoms in total. The van der Waals surface area contributed by atoms with Gasteiger partial charge in [-0.1, -0.05) is 74.2 Å². The Morgan fingerprint density at radius 2 is 1.54 bits per heavy atom. The van der Waals surface area contributed by atoms with Crippen LogP contribution >= 0.6 is 11.8 Å². The maximum Gasteiger partial charge on any atom is 0.224 e. The molecule has 1 aliphatic carbocycles. The average Bonchev–Trinajstić information content (AvgIpc) is 3.55. The number of fused-ring (bicyclic) bond motifs is 2. The number of aliphatic hydroxyl groups is 1. The Hall–Kier alpha value is -3.93. The molecule has 0 radical (unpaired) electrons.